The molecule has 0 atom stereocenters. The van der Waals surface area contributed by atoms with E-state index in [4.69, 9.17) is 10.8 Å². The summed E-state index contributed by atoms with van der Waals surface area (Å²) in [5.41, 5.74) is 4.35. The number of aromatic carboxylic acids is 1. The van der Waals surface area contributed by atoms with Crippen LogP contribution in [0.4, 0.5) is 15.0 Å². The minimum atomic E-state index is -1.37. The van der Waals surface area contributed by atoms with E-state index in [1.165, 1.54) is 6.20 Å². The maximum absolute atomic E-state index is 13.5. The summed E-state index contributed by atoms with van der Waals surface area (Å²) >= 11 is 0. The van der Waals surface area contributed by atoms with Crippen molar-refractivity contribution < 1.29 is 19.1 Å². The van der Waals surface area contributed by atoms with Gasteiger partial charge in [0.15, 0.2) is 11.6 Å². The van der Waals surface area contributed by atoms with Crippen LogP contribution in [-0.4, -0.2) is 35.2 Å². The van der Waals surface area contributed by atoms with Crippen LogP contribution in [0.1, 0.15) is 10.4 Å². The summed E-state index contributed by atoms with van der Waals surface area (Å²) in [4.78, 5) is 24.6. The first-order valence-corrected chi connectivity index (χ1v) is 4.67. The van der Waals surface area contributed by atoms with E-state index >= 15 is 0 Å². The zero-order valence-electron chi connectivity index (χ0n) is 8.74. The topological polar surface area (TPSA) is 117 Å². The summed E-state index contributed by atoms with van der Waals surface area (Å²) in [5.74, 6) is -2.50. The van der Waals surface area contributed by atoms with Crippen molar-refractivity contribution in [2.75, 3.05) is 18.4 Å². The maximum atomic E-state index is 13.5. The molecular formula is C9H11FN4O3. The molecule has 2 amide bonds. The van der Waals surface area contributed by atoms with Crippen LogP contribution in [-0.2, 0) is 0 Å². The van der Waals surface area contributed by atoms with Gasteiger partial charge in [-0.2, -0.15) is 0 Å². The second-order valence-corrected chi connectivity index (χ2v) is 3.04. The van der Waals surface area contributed by atoms with Gasteiger partial charge in [-0.3, -0.25) is 0 Å². The number of nitrogens with one attached hydrogen (secondary N) is 2. The Balaban J connectivity index is 2.62. The average Bonchev–Trinajstić information content (AvgIpc) is 2.25. The zero-order valence-corrected chi connectivity index (χ0v) is 8.74. The van der Waals surface area contributed by atoms with Crippen molar-refractivity contribution in [1.82, 2.24) is 10.3 Å². The number of amides is 2. The first-order valence-electron chi connectivity index (χ1n) is 4.67. The van der Waals surface area contributed by atoms with Crippen molar-refractivity contribution in [2.24, 2.45) is 5.73 Å². The monoisotopic (exact) mass is 242 g/mol. The lowest BCUT2D eigenvalue weighted by Gasteiger charge is -2.07. The van der Waals surface area contributed by atoms with Crippen LogP contribution in [0.3, 0.4) is 0 Å². The number of primary amides is 1. The number of carbonyl (C=O) groups is 2. The molecule has 0 aliphatic heterocycles. The number of nitrogens with zero attached hydrogens (tertiary/aromatic N) is 1. The van der Waals surface area contributed by atoms with E-state index in [2.05, 4.69) is 15.6 Å². The Kier molecular flexibility index (Phi) is 4.21. The molecule has 1 aromatic heterocycles. The van der Waals surface area contributed by atoms with Crippen LogP contribution < -0.4 is 16.4 Å². The summed E-state index contributed by atoms with van der Waals surface area (Å²) in [6, 6.07) is 0.365. The van der Waals surface area contributed by atoms with Gasteiger partial charge in [-0.15, -0.1) is 0 Å². The molecular weight excluding hydrogens is 231 g/mol. The summed E-state index contributed by atoms with van der Waals surface area (Å²) in [6.45, 7) is 0.351. The van der Waals surface area contributed by atoms with Gasteiger partial charge in [-0.25, -0.2) is 19.0 Å². The Hall–Kier alpha value is -2.38. The Labute approximate surface area is 95.8 Å². The van der Waals surface area contributed by atoms with Gasteiger partial charge in [0.1, 0.15) is 5.56 Å². The molecule has 0 unspecified atom stereocenters. The van der Waals surface area contributed by atoms with Gasteiger partial charge in [-0.05, 0) is 6.07 Å². The normalized spacial score (nSPS) is 9.71. The Morgan fingerprint density at radius 2 is 2.18 bits per heavy atom. The lowest BCUT2D eigenvalue weighted by atomic mass is 10.2. The van der Waals surface area contributed by atoms with Crippen molar-refractivity contribution in [3.63, 3.8) is 0 Å². The molecule has 0 aliphatic rings. The SMILES string of the molecule is NC(=O)NCCNc1nccc(C(=O)O)c1F. The highest BCUT2D eigenvalue weighted by atomic mass is 19.1. The molecule has 17 heavy (non-hydrogen) atoms. The molecule has 0 saturated carbocycles. The standard InChI is InChI=1S/C9H11FN4O3/c10-6-5(8(15)16)1-2-12-7(6)13-3-4-14-9(11)17/h1-2H,3-4H2,(H,12,13)(H,15,16)(H3,11,14,17). The minimum Gasteiger partial charge on any atom is -0.478 e. The molecule has 7 nitrogen and oxygen atoms in total. The van der Waals surface area contributed by atoms with Crippen molar-refractivity contribution in [2.45, 2.75) is 0 Å². The van der Waals surface area contributed by atoms with Gasteiger partial charge >= 0.3 is 12.0 Å². The smallest absolute Gasteiger partial charge is 0.338 e. The summed E-state index contributed by atoms with van der Waals surface area (Å²) in [6.07, 6.45) is 1.18. The molecule has 0 fully saturated rings. The lowest BCUT2D eigenvalue weighted by molar-refractivity contribution is 0.0692. The predicted molar refractivity (Wildman–Crippen MR) is 57.2 cm³/mol. The number of hydrogen-bond acceptors (Lipinski definition) is 4. The van der Waals surface area contributed by atoms with Crippen LogP contribution in [0, 0.1) is 5.82 Å². The van der Waals surface area contributed by atoms with E-state index in [0.717, 1.165) is 6.07 Å². The number of pyridine rings is 1. The molecule has 0 saturated heterocycles. The third-order valence-corrected chi connectivity index (χ3v) is 1.84. The Morgan fingerprint density at radius 1 is 1.47 bits per heavy atom. The average molecular weight is 242 g/mol. The van der Waals surface area contributed by atoms with E-state index in [1.807, 2.05) is 0 Å². The van der Waals surface area contributed by atoms with E-state index in [-0.39, 0.29) is 18.9 Å². The van der Waals surface area contributed by atoms with E-state index < -0.39 is 23.4 Å². The number of anilines is 1. The highest BCUT2D eigenvalue weighted by Crippen LogP contribution is 2.14. The molecule has 1 aromatic rings. The number of rotatable bonds is 5. The first-order chi connectivity index (χ1) is 8.02. The molecule has 1 rings (SSSR count). The van der Waals surface area contributed by atoms with Crippen LogP contribution in [0.15, 0.2) is 12.3 Å². The quantitative estimate of drug-likeness (QED) is 0.542. The van der Waals surface area contributed by atoms with E-state index in [1.54, 1.807) is 0 Å². The molecule has 0 radical (unpaired) electrons. The van der Waals surface area contributed by atoms with Gasteiger partial charge in [0.2, 0.25) is 0 Å². The number of carboxylic acids is 1. The number of urea groups is 1. The predicted octanol–water partition coefficient (Wildman–Crippen LogP) is -0.000900. The maximum Gasteiger partial charge on any atom is 0.338 e. The molecule has 92 valence electrons. The molecule has 5 N–H and O–H groups in total. The molecule has 8 heteroatoms. The summed E-state index contributed by atoms with van der Waals surface area (Å²) in [5, 5.41) is 13.5. The van der Waals surface area contributed by atoms with Crippen molar-refractivity contribution in [3.8, 4) is 0 Å². The highest BCUT2D eigenvalue weighted by molar-refractivity contribution is 5.88. The van der Waals surface area contributed by atoms with Crippen LogP contribution in [0.5, 0.6) is 0 Å². The lowest BCUT2D eigenvalue weighted by Crippen LogP contribution is -2.33. The molecule has 0 aromatic carbocycles. The van der Waals surface area contributed by atoms with Crippen LogP contribution in [0.2, 0.25) is 0 Å². The number of halogens is 1. The number of carboxylic acid groups (broad SMARTS) is 1. The minimum absolute atomic E-state index is 0.174. The van der Waals surface area contributed by atoms with Gasteiger partial charge in [0.25, 0.3) is 0 Å². The van der Waals surface area contributed by atoms with Gasteiger partial charge in [0, 0.05) is 19.3 Å². The van der Waals surface area contributed by atoms with Crippen molar-refractivity contribution in [3.05, 3.63) is 23.6 Å². The van der Waals surface area contributed by atoms with E-state index in [9.17, 15) is 14.0 Å². The second kappa shape index (κ2) is 5.64. The second-order valence-electron chi connectivity index (χ2n) is 3.04. The van der Waals surface area contributed by atoms with Crippen molar-refractivity contribution in [1.29, 1.82) is 0 Å². The molecule has 1 heterocycles. The third kappa shape index (κ3) is 3.59. The van der Waals surface area contributed by atoms with Gasteiger partial charge < -0.3 is 21.5 Å². The zero-order chi connectivity index (χ0) is 12.8. The number of aromatic nitrogens is 1. The number of carbonyl (C=O) groups excluding carboxylic acids is 1. The number of hydrogen-bond donors (Lipinski definition) is 4. The van der Waals surface area contributed by atoms with Crippen molar-refractivity contribution >= 4 is 17.8 Å². The number of nitrogens with two attached hydrogens (primary N) is 1. The highest BCUT2D eigenvalue weighted by Gasteiger charge is 2.14. The first kappa shape index (κ1) is 12.7. The fourth-order valence-electron chi connectivity index (χ4n) is 1.10. The molecule has 0 aliphatic carbocycles. The molecule has 0 spiro atoms. The van der Waals surface area contributed by atoms with E-state index in [0.29, 0.717) is 0 Å². The summed E-state index contributed by atoms with van der Waals surface area (Å²) in [7, 11) is 0. The summed E-state index contributed by atoms with van der Waals surface area (Å²) < 4.78 is 13.5. The fraction of sp³-hybridized carbons (Fsp3) is 0.222. The Bertz CT molecular complexity index is 438. The largest absolute Gasteiger partial charge is 0.478 e. The van der Waals surface area contributed by atoms with Crippen LogP contribution in [0.25, 0.3) is 0 Å². The third-order valence-electron chi connectivity index (χ3n) is 1.84. The van der Waals surface area contributed by atoms with Gasteiger partial charge in [0.05, 0.1) is 0 Å². The fourth-order valence-corrected chi connectivity index (χ4v) is 1.10. The molecule has 0 bridgehead atoms. The van der Waals surface area contributed by atoms with Gasteiger partial charge in [-0.1, -0.05) is 0 Å². The Morgan fingerprint density at radius 3 is 2.76 bits per heavy atom. The van der Waals surface area contributed by atoms with Crippen LogP contribution >= 0.6 is 0 Å².